The predicted molar refractivity (Wildman–Crippen MR) is 362 cm³/mol. The van der Waals surface area contributed by atoms with Gasteiger partial charge in [0.05, 0.1) is 0 Å². The fraction of sp³-hybridized carbons (Fsp3) is 0.805. The van der Waals surface area contributed by atoms with E-state index in [4.69, 9.17) is 14.2 Å². The van der Waals surface area contributed by atoms with E-state index in [-0.39, 0.29) is 31.1 Å². The van der Waals surface area contributed by atoms with Gasteiger partial charge in [-0.05, 0) is 89.9 Å². The molecule has 0 amide bonds. The molecular formula is C77H138O6. The maximum Gasteiger partial charge on any atom is 0.306 e. The lowest BCUT2D eigenvalue weighted by Gasteiger charge is -2.18. The van der Waals surface area contributed by atoms with Gasteiger partial charge in [-0.15, -0.1) is 0 Å². The van der Waals surface area contributed by atoms with Gasteiger partial charge in [0.2, 0.25) is 0 Å². The number of rotatable bonds is 67. The van der Waals surface area contributed by atoms with Crippen molar-refractivity contribution in [2.75, 3.05) is 13.2 Å². The molecule has 6 nitrogen and oxygen atoms in total. The first-order valence-corrected chi connectivity index (χ1v) is 36.4. The molecule has 0 aromatic carbocycles. The highest BCUT2D eigenvalue weighted by atomic mass is 16.6. The number of ether oxygens (including phenoxy) is 3. The lowest BCUT2D eigenvalue weighted by molar-refractivity contribution is -0.167. The summed E-state index contributed by atoms with van der Waals surface area (Å²) in [6.45, 7) is 6.56. The van der Waals surface area contributed by atoms with Crippen LogP contribution < -0.4 is 0 Å². The average Bonchev–Trinajstić information content (AvgIpc) is 3.49. The van der Waals surface area contributed by atoms with E-state index in [0.717, 1.165) is 103 Å². The van der Waals surface area contributed by atoms with Crippen LogP contribution in [0.4, 0.5) is 0 Å². The molecule has 0 fully saturated rings. The van der Waals surface area contributed by atoms with E-state index in [1.54, 1.807) is 0 Å². The molecule has 0 spiro atoms. The van der Waals surface area contributed by atoms with E-state index in [9.17, 15) is 14.4 Å². The lowest BCUT2D eigenvalue weighted by Crippen LogP contribution is -2.30. The van der Waals surface area contributed by atoms with Gasteiger partial charge in [-0.25, -0.2) is 0 Å². The summed E-state index contributed by atoms with van der Waals surface area (Å²) in [6, 6.07) is 0. The molecule has 0 radical (unpaired) electrons. The van der Waals surface area contributed by atoms with Crippen LogP contribution in [0.1, 0.15) is 380 Å². The first kappa shape index (κ1) is 79.8. The van der Waals surface area contributed by atoms with Crippen LogP contribution >= 0.6 is 0 Å². The van der Waals surface area contributed by atoms with Gasteiger partial charge in [-0.2, -0.15) is 0 Å². The highest BCUT2D eigenvalue weighted by Gasteiger charge is 2.19. The molecule has 6 heteroatoms. The Bertz CT molecular complexity index is 1520. The van der Waals surface area contributed by atoms with Crippen LogP contribution in [0.5, 0.6) is 0 Å². The molecule has 1 unspecified atom stereocenters. The molecule has 0 aromatic rings. The van der Waals surface area contributed by atoms with Crippen molar-refractivity contribution in [1.82, 2.24) is 0 Å². The smallest absolute Gasteiger partial charge is 0.306 e. The molecule has 0 aliphatic carbocycles. The van der Waals surface area contributed by atoms with Crippen LogP contribution in [-0.2, 0) is 28.6 Å². The number of hydrogen-bond donors (Lipinski definition) is 0. The minimum Gasteiger partial charge on any atom is -0.462 e. The fourth-order valence-electron chi connectivity index (χ4n) is 10.8. The average molecular weight is 1160 g/mol. The van der Waals surface area contributed by atoms with Gasteiger partial charge < -0.3 is 14.2 Å². The third-order valence-electron chi connectivity index (χ3n) is 16.2. The molecule has 0 aliphatic rings. The minimum absolute atomic E-state index is 0.0741. The Kier molecular flexibility index (Phi) is 68.6. The Hall–Kier alpha value is -3.15. The fourth-order valence-corrected chi connectivity index (χ4v) is 10.8. The van der Waals surface area contributed by atoms with Crippen molar-refractivity contribution in [2.24, 2.45) is 0 Å². The van der Waals surface area contributed by atoms with E-state index in [1.807, 2.05) is 0 Å². The maximum atomic E-state index is 13.0. The number of carbonyl (C=O) groups excluding carboxylic acids is 3. The van der Waals surface area contributed by atoms with Crippen LogP contribution in [0.2, 0.25) is 0 Å². The number of carbonyl (C=O) groups is 3. The van der Waals surface area contributed by atoms with Crippen molar-refractivity contribution in [1.29, 1.82) is 0 Å². The van der Waals surface area contributed by atoms with Crippen LogP contribution in [-0.4, -0.2) is 37.2 Å². The molecule has 0 saturated carbocycles. The van der Waals surface area contributed by atoms with Crippen LogP contribution in [0.15, 0.2) is 72.9 Å². The third-order valence-corrected chi connectivity index (χ3v) is 16.2. The summed E-state index contributed by atoms with van der Waals surface area (Å²) in [5.41, 5.74) is 0. The number of unbranched alkanes of at least 4 members (excludes halogenated alkanes) is 44. The van der Waals surface area contributed by atoms with Gasteiger partial charge in [-0.1, -0.05) is 344 Å². The molecule has 1 atom stereocenters. The third kappa shape index (κ3) is 69.5. The quantitative estimate of drug-likeness (QED) is 0.0261. The predicted octanol–water partition coefficient (Wildman–Crippen LogP) is 25.2. The van der Waals surface area contributed by atoms with Crippen molar-refractivity contribution < 1.29 is 28.6 Å². The van der Waals surface area contributed by atoms with Crippen molar-refractivity contribution >= 4 is 17.9 Å². The van der Waals surface area contributed by atoms with Crippen molar-refractivity contribution in [3.63, 3.8) is 0 Å². The second-order valence-corrected chi connectivity index (χ2v) is 24.5. The van der Waals surface area contributed by atoms with Gasteiger partial charge in [0.25, 0.3) is 0 Å². The van der Waals surface area contributed by atoms with E-state index in [2.05, 4.69) is 93.7 Å². The van der Waals surface area contributed by atoms with E-state index >= 15 is 0 Å². The highest BCUT2D eigenvalue weighted by Crippen LogP contribution is 2.18. The van der Waals surface area contributed by atoms with Gasteiger partial charge in [0, 0.05) is 19.3 Å². The summed E-state index contributed by atoms with van der Waals surface area (Å²) in [4.78, 5) is 38.5. The standard InChI is InChI=1S/C77H138O6/c1-4-7-10-13-16-19-22-25-28-30-32-33-34-35-36-37-38-39-40-41-42-43-45-46-49-52-55-58-61-64-67-70-76(79)82-73-74(72-81-75(78)69-66-63-60-57-54-51-48-27-24-21-18-15-12-9-6-3)83-77(80)71-68-65-62-59-56-53-50-47-44-31-29-26-23-20-17-14-11-8-5-2/h7,10,16,18-19,21,25,27-28,32-33,48,74H,4-6,8-9,11-15,17,20,22-24,26,29-31,34-47,49-73H2,1-3H3/b10-7-,19-16-,21-18-,28-25-,33-32-,48-27-. The minimum atomic E-state index is -0.779. The number of hydrogen-bond acceptors (Lipinski definition) is 6. The van der Waals surface area contributed by atoms with Gasteiger partial charge in [0.1, 0.15) is 13.2 Å². The Morgan fingerprint density at radius 3 is 0.759 bits per heavy atom. The first-order chi connectivity index (χ1) is 41.0. The van der Waals surface area contributed by atoms with E-state index in [0.29, 0.717) is 19.3 Å². The lowest BCUT2D eigenvalue weighted by atomic mass is 10.0. The van der Waals surface area contributed by atoms with Gasteiger partial charge in [-0.3, -0.25) is 14.4 Å². The first-order valence-electron chi connectivity index (χ1n) is 36.4. The largest absolute Gasteiger partial charge is 0.462 e. The number of allylic oxidation sites excluding steroid dienone is 12. The molecule has 0 N–H and O–H groups in total. The molecular weight excluding hydrogens is 1020 g/mol. The summed E-state index contributed by atoms with van der Waals surface area (Å²) < 4.78 is 17.0. The second kappa shape index (κ2) is 71.3. The molecule has 482 valence electrons. The summed E-state index contributed by atoms with van der Waals surface area (Å²) in [5, 5.41) is 0. The molecule has 0 heterocycles. The zero-order chi connectivity index (χ0) is 59.9. The van der Waals surface area contributed by atoms with Gasteiger partial charge in [0.15, 0.2) is 6.10 Å². The van der Waals surface area contributed by atoms with Gasteiger partial charge >= 0.3 is 17.9 Å². The van der Waals surface area contributed by atoms with E-state index in [1.165, 1.54) is 238 Å². The van der Waals surface area contributed by atoms with Crippen LogP contribution in [0, 0.1) is 0 Å². The van der Waals surface area contributed by atoms with Crippen LogP contribution in [0.25, 0.3) is 0 Å². The highest BCUT2D eigenvalue weighted by molar-refractivity contribution is 5.71. The molecule has 0 saturated heterocycles. The maximum absolute atomic E-state index is 13.0. The molecule has 0 aliphatic heterocycles. The summed E-state index contributed by atoms with van der Waals surface area (Å²) in [5.74, 6) is -0.862. The second-order valence-electron chi connectivity index (χ2n) is 24.5. The topological polar surface area (TPSA) is 78.9 Å². The summed E-state index contributed by atoms with van der Waals surface area (Å²) in [7, 11) is 0. The molecule has 0 bridgehead atoms. The Balaban J connectivity index is 4.21. The van der Waals surface area contributed by atoms with E-state index < -0.39 is 6.10 Å². The molecule has 0 rings (SSSR count). The van der Waals surface area contributed by atoms with Crippen molar-refractivity contribution in [3.05, 3.63) is 72.9 Å². The zero-order valence-corrected chi connectivity index (χ0v) is 55.5. The monoisotopic (exact) mass is 1160 g/mol. The SMILES string of the molecule is CC/C=C\C/C=C\C/C=C\C/C=C\CCCCCCCCCCCCCCCCCCCCC(=O)OCC(COC(=O)CCCCCCC/C=C\C/C=C\CCCCC)OC(=O)CCCCCCCCCCCCCCCCCCCCC. The van der Waals surface area contributed by atoms with Crippen molar-refractivity contribution in [3.8, 4) is 0 Å². The van der Waals surface area contributed by atoms with Crippen molar-refractivity contribution in [2.45, 2.75) is 386 Å². The Labute approximate surface area is 516 Å². The van der Waals surface area contributed by atoms with Crippen LogP contribution in [0.3, 0.4) is 0 Å². The normalized spacial score (nSPS) is 12.5. The Morgan fingerprint density at radius 1 is 0.253 bits per heavy atom. The molecule has 83 heavy (non-hydrogen) atoms. The molecule has 0 aromatic heterocycles. The summed E-state index contributed by atoms with van der Waals surface area (Å²) in [6.07, 6.45) is 93.7. The number of esters is 3. The summed E-state index contributed by atoms with van der Waals surface area (Å²) >= 11 is 0. The Morgan fingerprint density at radius 2 is 0.470 bits per heavy atom. The zero-order valence-electron chi connectivity index (χ0n) is 55.5.